The van der Waals surface area contributed by atoms with Gasteiger partial charge in [-0.2, -0.15) is 0 Å². The molecule has 0 bridgehead atoms. The van der Waals surface area contributed by atoms with Crippen molar-refractivity contribution in [2.45, 2.75) is 46.5 Å². The second-order valence-electron chi connectivity index (χ2n) is 6.30. The number of rotatable bonds is 1. The largest absolute Gasteiger partial charge is 0.325 e. The van der Waals surface area contributed by atoms with Crippen LogP contribution in [0.1, 0.15) is 31.3 Å². The van der Waals surface area contributed by atoms with Crippen LogP contribution in [0.15, 0.2) is 18.2 Å². The molecule has 1 aromatic carbocycles. The van der Waals surface area contributed by atoms with Gasteiger partial charge in [-0.05, 0) is 32.9 Å². The molecule has 0 aliphatic heterocycles. The van der Waals surface area contributed by atoms with Crippen LogP contribution in [0.25, 0.3) is 11.0 Å². The van der Waals surface area contributed by atoms with Gasteiger partial charge in [0.15, 0.2) is 0 Å². The maximum absolute atomic E-state index is 4.65. The van der Waals surface area contributed by atoms with Crippen molar-refractivity contribution in [2.75, 3.05) is 0 Å². The van der Waals surface area contributed by atoms with Crippen molar-refractivity contribution in [1.29, 1.82) is 0 Å². The molecule has 1 aromatic heterocycles. The molecule has 3 heteroatoms. The number of hydrogen-bond donors (Lipinski definition) is 0. The minimum atomic E-state index is -1.36. The van der Waals surface area contributed by atoms with Gasteiger partial charge in [-0.1, -0.05) is 31.6 Å². The van der Waals surface area contributed by atoms with Gasteiger partial charge in [-0.25, -0.2) is 4.98 Å². The predicted octanol–water partition coefficient (Wildman–Crippen LogP) is 4.15. The molecule has 2 aromatic rings. The molecule has 0 fully saturated rings. The first-order valence-corrected chi connectivity index (χ1v) is 10.3. The second-order valence-corrected chi connectivity index (χ2v) is 11.0. The number of hydrogen-bond acceptors (Lipinski definition) is 1. The van der Waals surface area contributed by atoms with Gasteiger partial charge < -0.3 is 4.57 Å². The number of aryl methyl sites for hydroxylation is 1. The van der Waals surface area contributed by atoms with E-state index in [4.69, 9.17) is 0 Å². The van der Waals surface area contributed by atoms with Gasteiger partial charge in [0.25, 0.3) is 0 Å². The number of fused-ring (bicyclic) bond motifs is 1. The Bertz CT molecular complexity index is 664. The highest BCUT2D eigenvalue weighted by molar-refractivity contribution is 6.83. The van der Waals surface area contributed by atoms with Gasteiger partial charge in [0.1, 0.15) is 13.9 Å². The Hall–Kier alpha value is -1.53. The Balaban J connectivity index is 2.71. The minimum Gasteiger partial charge on any atom is -0.325 e. The molecule has 0 N–H and O–H groups in total. The molecule has 0 amide bonds. The summed E-state index contributed by atoms with van der Waals surface area (Å²) in [6, 6.07) is 6.63. The third-order valence-electron chi connectivity index (χ3n) is 2.98. The van der Waals surface area contributed by atoms with E-state index in [1.165, 1.54) is 5.52 Å². The highest BCUT2D eigenvalue weighted by atomic mass is 28.3. The molecule has 1 heterocycles. The van der Waals surface area contributed by atoms with Gasteiger partial charge in [0, 0.05) is 11.6 Å². The minimum absolute atomic E-state index is 0.403. The van der Waals surface area contributed by atoms with Crippen LogP contribution >= 0.6 is 0 Å². The van der Waals surface area contributed by atoms with Crippen molar-refractivity contribution in [1.82, 2.24) is 9.55 Å². The van der Waals surface area contributed by atoms with E-state index in [1.807, 2.05) is 6.07 Å². The number of para-hydroxylation sites is 1. The Morgan fingerprint density at radius 3 is 2.47 bits per heavy atom. The van der Waals surface area contributed by atoms with E-state index in [0.29, 0.717) is 6.04 Å². The fourth-order valence-electron chi connectivity index (χ4n) is 2.25. The summed E-state index contributed by atoms with van der Waals surface area (Å²) in [6.45, 7) is 13.3. The number of imidazole rings is 1. The molecule has 2 rings (SSSR count). The summed E-state index contributed by atoms with van der Waals surface area (Å²) in [5.74, 6) is 4.45. The van der Waals surface area contributed by atoms with Crippen molar-refractivity contribution in [3.05, 3.63) is 29.6 Å². The summed E-state index contributed by atoms with van der Waals surface area (Å²) in [6.07, 6.45) is 0. The van der Waals surface area contributed by atoms with Crippen LogP contribution in [-0.4, -0.2) is 17.6 Å². The Kier molecular flexibility index (Phi) is 3.55. The van der Waals surface area contributed by atoms with Crippen LogP contribution in [-0.2, 0) is 0 Å². The van der Waals surface area contributed by atoms with Crippen molar-refractivity contribution < 1.29 is 0 Å². The summed E-state index contributed by atoms with van der Waals surface area (Å²) < 4.78 is 2.28. The lowest BCUT2D eigenvalue weighted by molar-refractivity contribution is 0.599. The molecule has 0 radical (unpaired) electrons. The Morgan fingerprint density at radius 2 is 1.89 bits per heavy atom. The fraction of sp³-hybridized carbons (Fsp3) is 0.438. The monoisotopic (exact) mass is 270 g/mol. The van der Waals surface area contributed by atoms with E-state index in [9.17, 15) is 0 Å². The zero-order chi connectivity index (χ0) is 14.2. The highest BCUT2D eigenvalue weighted by Gasteiger charge is 2.13. The predicted molar refractivity (Wildman–Crippen MR) is 85.1 cm³/mol. The highest BCUT2D eigenvalue weighted by Crippen LogP contribution is 2.23. The van der Waals surface area contributed by atoms with Crippen LogP contribution in [0.5, 0.6) is 0 Å². The maximum atomic E-state index is 4.65. The number of aromatic nitrogens is 2. The zero-order valence-electron chi connectivity index (χ0n) is 12.7. The summed E-state index contributed by atoms with van der Waals surface area (Å²) >= 11 is 0. The van der Waals surface area contributed by atoms with Crippen molar-refractivity contribution in [2.24, 2.45) is 0 Å². The first-order chi connectivity index (χ1) is 8.79. The van der Waals surface area contributed by atoms with E-state index >= 15 is 0 Å². The first-order valence-electron chi connectivity index (χ1n) is 6.80. The molecule has 2 nitrogen and oxygen atoms in total. The number of nitrogens with zero attached hydrogens (tertiary/aromatic N) is 2. The number of benzene rings is 1. The summed E-state index contributed by atoms with van der Waals surface area (Å²) in [5, 5.41) is 0. The third kappa shape index (κ3) is 2.90. The zero-order valence-corrected chi connectivity index (χ0v) is 13.7. The summed E-state index contributed by atoms with van der Waals surface area (Å²) in [5.41, 5.74) is 6.79. The fourth-order valence-corrected chi connectivity index (χ4v) is 2.76. The molecule has 0 saturated heterocycles. The van der Waals surface area contributed by atoms with E-state index in [2.05, 4.69) is 73.6 Å². The molecule has 0 aliphatic rings. The summed E-state index contributed by atoms with van der Waals surface area (Å²) in [4.78, 5) is 4.65. The van der Waals surface area contributed by atoms with Gasteiger partial charge in [-0.15, -0.1) is 5.54 Å². The molecule has 19 heavy (non-hydrogen) atoms. The van der Waals surface area contributed by atoms with Gasteiger partial charge >= 0.3 is 0 Å². The molecule has 0 unspecified atom stereocenters. The lowest BCUT2D eigenvalue weighted by Crippen LogP contribution is -2.16. The van der Waals surface area contributed by atoms with Gasteiger partial charge in [-0.3, -0.25) is 0 Å². The smallest absolute Gasteiger partial charge is 0.129 e. The lowest BCUT2D eigenvalue weighted by Gasteiger charge is -2.12. The van der Waals surface area contributed by atoms with Crippen molar-refractivity contribution >= 4 is 19.1 Å². The van der Waals surface area contributed by atoms with Crippen molar-refractivity contribution in [3.63, 3.8) is 0 Å². The molecule has 0 aliphatic carbocycles. The molecule has 0 saturated carbocycles. The molecule has 0 atom stereocenters. The standard InChI is InChI=1S/C16H22N2Si/c1-12(2)18-13(3)17-15-9-7-8-14(16(15)18)10-11-19(4,5)6/h7-9,12H,1-6H3. The lowest BCUT2D eigenvalue weighted by atomic mass is 10.2. The quantitative estimate of drug-likeness (QED) is 0.562. The van der Waals surface area contributed by atoms with Crippen LogP contribution in [0.4, 0.5) is 0 Å². The van der Waals surface area contributed by atoms with Crippen LogP contribution in [0, 0.1) is 18.4 Å². The Labute approximate surface area is 116 Å². The second kappa shape index (κ2) is 4.86. The first kappa shape index (κ1) is 13.9. The molecular formula is C16H22N2Si. The molecule has 100 valence electrons. The van der Waals surface area contributed by atoms with E-state index < -0.39 is 8.07 Å². The van der Waals surface area contributed by atoms with Gasteiger partial charge in [0.2, 0.25) is 0 Å². The average Bonchev–Trinajstić information content (AvgIpc) is 2.61. The normalized spacial score (nSPS) is 11.7. The molecule has 0 spiro atoms. The van der Waals surface area contributed by atoms with Crippen LogP contribution < -0.4 is 0 Å². The van der Waals surface area contributed by atoms with Crippen LogP contribution in [0.2, 0.25) is 19.6 Å². The van der Waals surface area contributed by atoms with E-state index in [0.717, 1.165) is 16.9 Å². The summed E-state index contributed by atoms with van der Waals surface area (Å²) in [7, 11) is -1.36. The Morgan fingerprint density at radius 1 is 1.21 bits per heavy atom. The average molecular weight is 270 g/mol. The van der Waals surface area contributed by atoms with Crippen molar-refractivity contribution in [3.8, 4) is 11.5 Å². The van der Waals surface area contributed by atoms with E-state index in [-0.39, 0.29) is 0 Å². The third-order valence-corrected chi connectivity index (χ3v) is 3.85. The SMILES string of the molecule is Cc1nc2cccc(C#C[Si](C)(C)C)c2n1C(C)C. The van der Waals surface area contributed by atoms with E-state index in [1.54, 1.807) is 0 Å². The molecular weight excluding hydrogens is 248 g/mol. The van der Waals surface area contributed by atoms with Crippen LogP contribution in [0.3, 0.4) is 0 Å². The topological polar surface area (TPSA) is 17.8 Å². The van der Waals surface area contributed by atoms with Gasteiger partial charge in [0.05, 0.1) is 11.0 Å². The maximum Gasteiger partial charge on any atom is 0.129 e.